The van der Waals surface area contributed by atoms with E-state index in [4.69, 9.17) is 9.47 Å². The molecule has 1 N–H and O–H groups in total. The molecule has 142 valence electrons. The second-order valence-electron chi connectivity index (χ2n) is 7.26. The fraction of sp³-hybridized carbons (Fsp3) is 0.409. The number of hydrogen-bond donors (Lipinski definition) is 1. The molecule has 1 saturated heterocycles. The summed E-state index contributed by atoms with van der Waals surface area (Å²) in [6, 6.07) is 13.8. The Kier molecular flexibility index (Phi) is 5.58. The van der Waals surface area contributed by atoms with Crippen LogP contribution in [-0.4, -0.2) is 30.7 Å². The van der Waals surface area contributed by atoms with E-state index in [2.05, 4.69) is 34.5 Å². The van der Waals surface area contributed by atoms with Gasteiger partial charge in [-0.2, -0.15) is 0 Å². The van der Waals surface area contributed by atoms with Crippen molar-refractivity contribution in [3.8, 4) is 11.5 Å². The van der Waals surface area contributed by atoms with Crippen molar-refractivity contribution in [3.05, 3.63) is 59.2 Å². The fourth-order valence-corrected chi connectivity index (χ4v) is 3.64. The number of benzene rings is 2. The van der Waals surface area contributed by atoms with Crippen molar-refractivity contribution >= 4 is 5.91 Å². The molecular weight excluding hydrogens is 340 g/mol. The molecule has 5 nitrogen and oxygen atoms in total. The molecule has 0 aliphatic carbocycles. The summed E-state index contributed by atoms with van der Waals surface area (Å²) >= 11 is 0. The average molecular weight is 366 g/mol. The van der Waals surface area contributed by atoms with Crippen LogP contribution in [0.4, 0.5) is 0 Å². The predicted molar refractivity (Wildman–Crippen MR) is 104 cm³/mol. The summed E-state index contributed by atoms with van der Waals surface area (Å²) in [6.07, 6.45) is 5.34. The van der Waals surface area contributed by atoms with Gasteiger partial charge in [0.15, 0.2) is 11.5 Å². The van der Waals surface area contributed by atoms with Crippen LogP contribution in [0.2, 0.25) is 0 Å². The van der Waals surface area contributed by atoms with E-state index in [0.717, 1.165) is 12.1 Å². The van der Waals surface area contributed by atoms with Gasteiger partial charge in [0.2, 0.25) is 6.79 Å². The minimum Gasteiger partial charge on any atom is -0.454 e. The quantitative estimate of drug-likeness (QED) is 0.876. The second-order valence-corrected chi connectivity index (χ2v) is 7.26. The second kappa shape index (κ2) is 8.44. The summed E-state index contributed by atoms with van der Waals surface area (Å²) in [5, 5.41) is 2.97. The van der Waals surface area contributed by atoms with Gasteiger partial charge in [0.1, 0.15) is 0 Å². The summed E-state index contributed by atoms with van der Waals surface area (Å²) in [4.78, 5) is 14.9. The van der Waals surface area contributed by atoms with Crippen LogP contribution < -0.4 is 14.8 Å². The summed E-state index contributed by atoms with van der Waals surface area (Å²) in [6.45, 7) is 4.14. The molecule has 2 aromatic carbocycles. The van der Waals surface area contributed by atoms with Crippen molar-refractivity contribution < 1.29 is 14.3 Å². The maximum atomic E-state index is 12.4. The van der Waals surface area contributed by atoms with Gasteiger partial charge in [-0.05, 0) is 55.3 Å². The number of rotatable bonds is 5. The van der Waals surface area contributed by atoms with Crippen molar-refractivity contribution in [1.29, 1.82) is 0 Å². The number of carbonyl (C=O) groups excluding carboxylic acids is 1. The van der Waals surface area contributed by atoms with Crippen molar-refractivity contribution in [1.82, 2.24) is 10.2 Å². The smallest absolute Gasteiger partial charge is 0.251 e. The standard InChI is InChI=1S/C22H26N2O3/c25-22(19-9-10-20-21(13-19)27-16-26-20)23-14-17-5-7-18(8-6-17)15-24-11-3-1-2-4-12-24/h5-10,13H,1-4,11-12,14-16H2,(H,23,25). The molecule has 2 aromatic rings. The van der Waals surface area contributed by atoms with Gasteiger partial charge in [0, 0.05) is 18.7 Å². The van der Waals surface area contributed by atoms with Gasteiger partial charge in [0.05, 0.1) is 0 Å². The third kappa shape index (κ3) is 4.61. The van der Waals surface area contributed by atoms with Crippen molar-refractivity contribution in [2.24, 2.45) is 0 Å². The van der Waals surface area contributed by atoms with Crippen LogP contribution in [0.25, 0.3) is 0 Å². The van der Waals surface area contributed by atoms with E-state index in [1.54, 1.807) is 18.2 Å². The van der Waals surface area contributed by atoms with Crippen LogP contribution in [0, 0.1) is 0 Å². The van der Waals surface area contributed by atoms with Crippen molar-refractivity contribution in [2.45, 2.75) is 38.8 Å². The molecule has 0 bridgehead atoms. The molecule has 1 fully saturated rings. The maximum Gasteiger partial charge on any atom is 0.251 e. The van der Waals surface area contributed by atoms with Gasteiger partial charge in [-0.1, -0.05) is 37.1 Å². The third-order valence-electron chi connectivity index (χ3n) is 5.22. The minimum atomic E-state index is -0.109. The zero-order chi connectivity index (χ0) is 18.5. The number of fused-ring (bicyclic) bond motifs is 1. The first-order valence-corrected chi connectivity index (χ1v) is 9.76. The molecule has 2 aliphatic heterocycles. The molecule has 0 spiro atoms. The predicted octanol–water partition coefficient (Wildman–Crippen LogP) is 3.72. The number of amides is 1. The molecule has 1 amide bonds. The molecule has 0 saturated carbocycles. The van der Waals surface area contributed by atoms with E-state index in [0.29, 0.717) is 23.6 Å². The topological polar surface area (TPSA) is 50.8 Å². The number of nitrogens with one attached hydrogen (secondary N) is 1. The summed E-state index contributed by atoms with van der Waals surface area (Å²) in [5.74, 6) is 1.20. The van der Waals surface area contributed by atoms with E-state index in [1.807, 2.05) is 0 Å². The molecule has 27 heavy (non-hydrogen) atoms. The first-order valence-electron chi connectivity index (χ1n) is 9.76. The number of hydrogen-bond acceptors (Lipinski definition) is 4. The number of nitrogens with zero attached hydrogens (tertiary/aromatic N) is 1. The highest BCUT2D eigenvalue weighted by molar-refractivity contribution is 5.94. The number of likely N-dealkylation sites (tertiary alicyclic amines) is 1. The van der Waals surface area contributed by atoms with Crippen LogP contribution >= 0.6 is 0 Å². The monoisotopic (exact) mass is 366 g/mol. The number of ether oxygens (including phenoxy) is 2. The van der Waals surface area contributed by atoms with Gasteiger partial charge in [-0.25, -0.2) is 0 Å². The molecule has 0 radical (unpaired) electrons. The van der Waals surface area contributed by atoms with E-state index < -0.39 is 0 Å². The summed E-state index contributed by atoms with van der Waals surface area (Å²) in [7, 11) is 0. The zero-order valence-electron chi connectivity index (χ0n) is 15.6. The van der Waals surface area contributed by atoms with Gasteiger partial charge in [-0.15, -0.1) is 0 Å². The highest BCUT2D eigenvalue weighted by Gasteiger charge is 2.16. The minimum absolute atomic E-state index is 0.109. The SMILES string of the molecule is O=C(NCc1ccc(CN2CCCCCC2)cc1)c1ccc2c(c1)OCO2. The zero-order valence-corrected chi connectivity index (χ0v) is 15.6. The highest BCUT2D eigenvalue weighted by atomic mass is 16.7. The Morgan fingerprint density at radius 1 is 0.889 bits per heavy atom. The van der Waals surface area contributed by atoms with E-state index in [-0.39, 0.29) is 12.7 Å². The Labute approximate surface area is 160 Å². The Bertz CT molecular complexity index is 781. The fourth-order valence-electron chi connectivity index (χ4n) is 3.64. The van der Waals surface area contributed by atoms with Gasteiger partial charge in [0.25, 0.3) is 5.91 Å². The summed E-state index contributed by atoms with van der Waals surface area (Å²) < 4.78 is 10.6. The molecule has 0 atom stereocenters. The van der Waals surface area contributed by atoms with Crippen LogP contribution in [0.3, 0.4) is 0 Å². The maximum absolute atomic E-state index is 12.4. The summed E-state index contributed by atoms with van der Waals surface area (Å²) in [5.41, 5.74) is 3.02. The Morgan fingerprint density at radius 3 is 2.37 bits per heavy atom. The van der Waals surface area contributed by atoms with Crippen LogP contribution in [0.1, 0.15) is 47.2 Å². The van der Waals surface area contributed by atoms with Crippen LogP contribution in [0.5, 0.6) is 11.5 Å². The van der Waals surface area contributed by atoms with E-state index in [1.165, 1.54) is 44.3 Å². The van der Waals surface area contributed by atoms with Crippen LogP contribution in [0.15, 0.2) is 42.5 Å². The van der Waals surface area contributed by atoms with Crippen molar-refractivity contribution in [3.63, 3.8) is 0 Å². The van der Waals surface area contributed by atoms with Crippen molar-refractivity contribution in [2.75, 3.05) is 19.9 Å². The van der Waals surface area contributed by atoms with Crippen LogP contribution in [-0.2, 0) is 13.1 Å². The Balaban J connectivity index is 1.30. The van der Waals surface area contributed by atoms with E-state index in [9.17, 15) is 4.79 Å². The average Bonchev–Trinajstić information content (AvgIpc) is 3.02. The lowest BCUT2D eigenvalue weighted by atomic mass is 10.1. The lowest BCUT2D eigenvalue weighted by Crippen LogP contribution is -2.24. The Hall–Kier alpha value is -2.53. The lowest BCUT2D eigenvalue weighted by Gasteiger charge is -2.19. The van der Waals surface area contributed by atoms with Gasteiger partial charge in [-0.3, -0.25) is 9.69 Å². The van der Waals surface area contributed by atoms with Gasteiger partial charge >= 0.3 is 0 Å². The first-order chi connectivity index (χ1) is 13.3. The molecular formula is C22H26N2O3. The molecule has 5 heteroatoms. The molecule has 4 rings (SSSR count). The largest absolute Gasteiger partial charge is 0.454 e. The molecule has 0 aromatic heterocycles. The lowest BCUT2D eigenvalue weighted by molar-refractivity contribution is 0.0950. The van der Waals surface area contributed by atoms with E-state index >= 15 is 0 Å². The molecule has 2 heterocycles. The van der Waals surface area contributed by atoms with Gasteiger partial charge < -0.3 is 14.8 Å². The molecule has 2 aliphatic rings. The first kappa shape index (κ1) is 17.9. The highest BCUT2D eigenvalue weighted by Crippen LogP contribution is 2.32. The number of carbonyl (C=O) groups is 1. The normalized spacial score (nSPS) is 16.7. The Morgan fingerprint density at radius 2 is 1.59 bits per heavy atom. The third-order valence-corrected chi connectivity index (χ3v) is 5.22. The molecule has 0 unspecified atom stereocenters.